The van der Waals surface area contributed by atoms with Crippen molar-refractivity contribution >= 4 is 45.0 Å². The van der Waals surface area contributed by atoms with E-state index in [-0.39, 0.29) is 40.3 Å². The molecule has 160 valence electrons. The third-order valence-corrected chi connectivity index (χ3v) is 7.07. The Bertz CT molecular complexity index is 1210. The zero-order valence-electron chi connectivity index (χ0n) is 16.6. The average Bonchev–Trinajstić information content (AvgIpc) is 3.05. The fourth-order valence-corrected chi connectivity index (χ4v) is 5.58. The monoisotopic (exact) mass is 459 g/mol. The summed E-state index contributed by atoms with van der Waals surface area (Å²) in [5, 5.41) is 7.07. The minimum atomic E-state index is -0.596. The lowest BCUT2D eigenvalue weighted by atomic mass is 9.44. The molecular formula is C22H19ClFN3O3S. The minimum Gasteiger partial charge on any atom is -0.484 e. The van der Waals surface area contributed by atoms with Crippen LogP contribution < -0.4 is 15.4 Å². The van der Waals surface area contributed by atoms with Gasteiger partial charge in [-0.3, -0.25) is 9.59 Å². The molecular weight excluding hydrogens is 441 g/mol. The van der Waals surface area contributed by atoms with Crippen LogP contribution >= 0.6 is 22.9 Å². The molecule has 2 bridgehead atoms. The normalized spacial score (nSPS) is 23.6. The van der Waals surface area contributed by atoms with E-state index in [0.717, 1.165) is 21.3 Å². The number of thiazole rings is 1. The second-order valence-electron chi connectivity index (χ2n) is 8.37. The molecule has 0 radical (unpaired) electrons. The molecule has 31 heavy (non-hydrogen) atoms. The molecule has 0 saturated heterocycles. The van der Waals surface area contributed by atoms with Crippen molar-refractivity contribution in [3.05, 3.63) is 57.8 Å². The number of halogens is 2. The number of aromatic nitrogens is 1. The summed E-state index contributed by atoms with van der Waals surface area (Å²) in [5.41, 5.74) is 0.957. The van der Waals surface area contributed by atoms with Crippen LogP contribution in [-0.2, 0) is 4.79 Å². The molecule has 9 heteroatoms. The molecule has 6 nitrogen and oxygen atoms in total. The van der Waals surface area contributed by atoms with Crippen LogP contribution in [0.3, 0.4) is 0 Å². The predicted molar refractivity (Wildman–Crippen MR) is 116 cm³/mol. The van der Waals surface area contributed by atoms with Gasteiger partial charge in [-0.25, -0.2) is 9.37 Å². The SMILES string of the molecule is Cc1nc2ccc(C(=O)NC34CC(NC(=O)COc5ccc(Cl)c(F)c5)(C3)C4)cc2s1. The quantitative estimate of drug-likeness (QED) is 0.584. The van der Waals surface area contributed by atoms with Gasteiger partial charge in [-0.2, -0.15) is 0 Å². The molecule has 0 unspecified atom stereocenters. The molecule has 3 aliphatic rings. The first kappa shape index (κ1) is 20.2. The Morgan fingerprint density at radius 1 is 1.16 bits per heavy atom. The molecule has 1 aromatic heterocycles. The number of aryl methyl sites for hydroxylation is 1. The number of fused-ring (bicyclic) bond motifs is 1. The second-order valence-corrected chi connectivity index (χ2v) is 10.0. The van der Waals surface area contributed by atoms with Gasteiger partial charge >= 0.3 is 0 Å². The Balaban J connectivity index is 1.12. The van der Waals surface area contributed by atoms with Crippen molar-refractivity contribution in [3.8, 4) is 5.75 Å². The predicted octanol–water partition coefficient (Wildman–Crippen LogP) is 4.00. The van der Waals surface area contributed by atoms with Crippen molar-refractivity contribution in [2.45, 2.75) is 37.3 Å². The van der Waals surface area contributed by atoms with Crippen LogP contribution in [0.4, 0.5) is 4.39 Å². The maximum atomic E-state index is 13.4. The van der Waals surface area contributed by atoms with Crippen molar-refractivity contribution < 1.29 is 18.7 Å². The Morgan fingerprint density at radius 2 is 1.90 bits per heavy atom. The van der Waals surface area contributed by atoms with Crippen molar-refractivity contribution in [1.82, 2.24) is 15.6 Å². The molecule has 0 atom stereocenters. The van der Waals surface area contributed by atoms with Gasteiger partial charge in [-0.05, 0) is 56.5 Å². The smallest absolute Gasteiger partial charge is 0.258 e. The molecule has 0 spiro atoms. The van der Waals surface area contributed by atoms with Gasteiger partial charge in [-0.15, -0.1) is 11.3 Å². The maximum absolute atomic E-state index is 13.4. The molecule has 1 heterocycles. The molecule has 0 aliphatic heterocycles. The van der Waals surface area contributed by atoms with E-state index < -0.39 is 5.82 Å². The maximum Gasteiger partial charge on any atom is 0.258 e. The van der Waals surface area contributed by atoms with E-state index in [4.69, 9.17) is 16.3 Å². The molecule has 2 N–H and O–H groups in total. The number of nitrogens with zero attached hydrogens (tertiary/aromatic N) is 1. The highest BCUT2D eigenvalue weighted by molar-refractivity contribution is 7.18. The Labute approximate surface area is 186 Å². The molecule has 3 saturated carbocycles. The Morgan fingerprint density at radius 3 is 2.65 bits per heavy atom. The Kier molecular flexibility index (Phi) is 4.67. The van der Waals surface area contributed by atoms with E-state index >= 15 is 0 Å². The largest absolute Gasteiger partial charge is 0.484 e. The van der Waals surface area contributed by atoms with Crippen molar-refractivity contribution in [2.24, 2.45) is 0 Å². The summed E-state index contributed by atoms with van der Waals surface area (Å²) in [5.74, 6) is -0.741. The van der Waals surface area contributed by atoms with Gasteiger partial charge < -0.3 is 15.4 Å². The molecule has 2 amide bonds. The topological polar surface area (TPSA) is 80.3 Å². The standard InChI is InChI=1S/C22H19ClFN3O3S/c1-12-25-17-5-2-13(6-18(17)31-12)20(29)27-22-9-21(10-22,11-22)26-19(28)8-30-14-3-4-15(23)16(24)7-14/h2-7H,8-11H2,1H3,(H,26,28)(H,27,29). The molecule has 3 fully saturated rings. The number of ether oxygens (including phenoxy) is 1. The van der Waals surface area contributed by atoms with Crippen LogP contribution in [0.5, 0.6) is 5.75 Å². The number of hydrogen-bond donors (Lipinski definition) is 2. The number of hydrogen-bond acceptors (Lipinski definition) is 5. The van der Waals surface area contributed by atoms with Crippen LogP contribution in [0.15, 0.2) is 36.4 Å². The van der Waals surface area contributed by atoms with E-state index in [2.05, 4.69) is 15.6 Å². The number of amides is 2. The average molecular weight is 460 g/mol. The third-order valence-electron chi connectivity index (χ3n) is 5.83. The fraction of sp³-hybridized carbons (Fsp3) is 0.318. The molecule has 3 aliphatic carbocycles. The lowest BCUT2D eigenvalue weighted by Crippen LogP contribution is -2.84. The van der Waals surface area contributed by atoms with E-state index in [9.17, 15) is 14.0 Å². The van der Waals surface area contributed by atoms with Gasteiger partial charge in [-0.1, -0.05) is 11.6 Å². The number of carbonyl (C=O) groups excluding carboxylic acids is 2. The van der Waals surface area contributed by atoms with Crippen LogP contribution in [0, 0.1) is 12.7 Å². The number of carbonyl (C=O) groups is 2. The number of benzene rings is 2. The van der Waals surface area contributed by atoms with Crippen LogP contribution in [0.25, 0.3) is 10.2 Å². The summed E-state index contributed by atoms with van der Waals surface area (Å²) in [6.07, 6.45) is 2.07. The highest BCUT2D eigenvalue weighted by Gasteiger charge is 2.69. The lowest BCUT2D eigenvalue weighted by Gasteiger charge is -2.70. The van der Waals surface area contributed by atoms with Crippen molar-refractivity contribution in [2.75, 3.05) is 6.61 Å². The van der Waals surface area contributed by atoms with Crippen molar-refractivity contribution in [3.63, 3.8) is 0 Å². The fourth-order valence-electron chi connectivity index (χ4n) is 4.59. The summed E-state index contributed by atoms with van der Waals surface area (Å²) in [6.45, 7) is 1.73. The minimum absolute atomic E-state index is 0.0000959. The van der Waals surface area contributed by atoms with Crippen LogP contribution in [0.2, 0.25) is 5.02 Å². The number of nitrogens with one attached hydrogen (secondary N) is 2. The second kappa shape index (κ2) is 7.17. The Hall–Kier alpha value is -2.71. The summed E-state index contributed by atoms with van der Waals surface area (Å²) in [6, 6.07) is 9.56. The lowest BCUT2D eigenvalue weighted by molar-refractivity contribution is -0.141. The van der Waals surface area contributed by atoms with Gasteiger partial charge in [0.2, 0.25) is 0 Å². The van der Waals surface area contributed by atoms with Crippen molar-refractivity contribution in [1.29, 1.82) is 0 Å². The zero-order valence-corrected chi connectivity index (χ0v) is 18.2. The summed E-state index contributed by atoms with van der Waals surface area (Å²) < 4.78 is 19.8. The summed E-state index contributed by atoms with van der Waals surface area (Å²) in [7, 11) is 0. The first-order valence-electron chi connectivity index (χ1n) is 9.84. The third kappa shape index (κ3) is 3.74. The zero-order chi connectivity index (χ0) is 21.8. The highest BCUT2D eigenvalue weighted by Crippen LogP contribution is 2.60. The van der Waals surface area contributed by atoms with Gasteiger partial charge in [0.15, 0.2) is 6.61 Å². The van der Waals surface area contributed by atoms with Gasteiger partial charge in [0.25, 0.3) is 11.8 Å². The van der Waals surface area contributed by atoms with Crippen LogP contribution in [-0.4, -0.2) is 34.5 Å². The molecule has 2 aromatic carbocycles. The van der Waals surface area contributed by atoms with E-state index in [1.54, 1.807) is 17.4 Å². The first-order valence-corrected chi connectivity index (χ1v) is 11.0. The van der Waals surface area contributed by atoms with Gasteiger partial charge in [0.1, 0.15) is 11.6 Å². The van der Waals surface area contributed by atoms with Gasteiger partial charge in [0, 0.05) is 22.7 Å². The highest BCUT2D eigenvalue weighted by atomic mass is 35.5. The van der Waals surface area contributed by atoms with E-state index in [0.29, 0.717) is 24.8 Å². The van der Waals surface area contributed by atoms with Crippen LogP contribution in [0.1, 0.15) is 34.6 Å². The van der Waals surface area contributed by atoms with Gasteiger partial charge in [0.05, 0.1) is 20.2 Å². The van der Waals surface area contributed by atoms with E-state index in [1.165, 1.54) is 12.1 Å². The summed E-state index contributed by atoms with van der Waals surface area (Å²) >= 11 is 7.20. The van der Waals surface area contributed by atoms with E-state index in [1.807, 2.05) is 19.1 Å². The molecule has 6 rings (SSSR count). The summed E-state index contributed by atoms with van der Waals surface area (Å²) in [4.78, 5) is 29.3. The first-order chi connectivity index (χ1) is 14.7. The number of rotatable bonds is 6. The molecule has 3 aromatic rings.